The van der Waals surface area contributed by atoms with E-state index in [1.54, 1.807) is 14.0 Å². The number of nitrogens with zero attached hydrogens (tertiary/aromatic N) is 3. The van der Waals surface area contributed by atoms with Gasteiger partial charge >= 0.3 is 5.97 Å². The molecular formula is C32H34ClN3O4. The van der Waals surface area contributed by atoms with E-state index in [-0.39, 0.29) is 17.8 Å². The Bertz CT molecular complexity index is 1530. The zero-order valence-corrected chi connectivity index (χ0v) is 23.9. The summed E-state index contributed by atoms with van der Waals surface area (Å²) in [5.41, 5.74) is 6.78. The Balaban J connectivity index is 1.47. The summed E-state index contributed by atoms with van der Waals surface area (Å²) >= 11 is 6.21. The molecule has 0 saturated carbocycles. The van der Waals surface area contributed by atoms with E-state index in [1.807, 2.05) is 60.4 Å². The van der Waals surface area contributed by atoms with Gasteiger partial charge in [0.15, 0.2) is 0 Å². The van der Waals surface area contributed by atoms with Crippen molar-refractivity contribution in [2.24, 2.45) is 5.92 Å². The number of carbonyl (C=O) groups excluding carboxylic acids is 2. The van der Waals surface area contributed by atoms with E-state index in [0.29, 0.717) is 37.6 Å². The van der Waals surface area contributed by atoms with Crippen molar-refractivity contribution in [1.29, 1.82) is 0 Å². The van der Waals surface area contributed by atoms with Crippen molar-refractivity contribution < 1.29 is 19.1 Å². The normalized spacial score (nSPS) is 15.3. The number of hydrogen-bond donors (Lipinski definition) is 0. The highest BCUT2D eigenvalue weighted by Crippen LogP contribution is 2.31. The number of amides is 1. The summed E-state index contributed by atoms with van der Waals surface area (Å²) in [6, 6.07) is 17.8. The highest BCUT2D eigenvalue weighted by Gasteiger charge is 2.29. The van der Waals surface area contributed by atoms with Crippen LogP contribution in [0.5, 0.6) is 5.75 Å². The van der Waals surface area contributed by atoms with Crippen LogP contribution in [0.3, 0.4) is 0 Å². The first-order valence-electron chi connectivity index (χ1n) is 13.7. The van der Waals surface area contributed by atoms with Crippen LogP contribution in [-0.4, -0.2) is 53.0 Å². The van der Waals surface area contributed by atoms with Crippen molar-refractivity contribution in [1.82, 2.24) is 14.3 Å². The summed E-state index contributed by atoms with van der Waals surface area (Å²) < 4.78 is 12.7. The molecule has 1 fully saturated rings. The first kappa shape index (κ1) is 27.7. The van der Waals surface area contributed by atoms with Crippen LogP contribution in [0.15, 0.2) is 60.8 Å². The standard InChI is InChI=1S/C32H34ClN3O4/c1-4-40-32(38)24-6-5-17-35(19-24)30(37)16-14-28-31(22-7-11-26(39-3)12-8-22)34-29-15-9-23(20-36(28)29)27-13-10-25(33)18-21(27)2/h7-13,15,18,20,24H,4-6,14,16-17,19H2,1-3H3/t24-/m0/s1. The number of esters is 1. The van der Waals surface area contributed by atoms with E-state index in [4.69, 9.17) is 26.1 Å². The van der Waals surface area contributed by atoms with Crippen LogP contribution in [0.2, 0.25) is 5.02 Å². The number of pyridine rings is 1. The highest BCUT2D eigenvalue weighted by atomic mass is 35.5. The zero-order valence-electron chi connectivity index (χ0n) is 23.2. The van der Waals surface area contributed by atoms with Crippen LogP contribution in [0.25, 0.3) is 28.0 Å². The molecule has 1 saturated heterocycles. The number of aromatic nitrogens is 2. The lowest BCUT2D eigenvalue weighted by molar-refractivity contribution is -0.151. The zero-order chi connectivity index (χ0) is 28.2. The number of benzene rings is 2. The molecule has 1 atom stereocenters. The molecule has 0 N–H and O–H groups in total. The average molecular weight is 560 g/mol. The summed E-state index contributed by atoms with van der Waals surface area (Å²) in [7, 11) is 1.64. The Morgan fingerprint density at radius 2 is 1.85 bits per heavy atom. The summed E-state index contributed by atoms with van der Waals surface area (Å²) in [6.45, 7) is 5.27. The molecule has 1 aliphatic rings. The molecule has 2 aromatic heterocycles. The Morgan fingerprint density at radius 3 is 2.58 bits per heavy atom. The number of fused-ring (bicyclic) bond motifs is 1. The van der Waals surface area contributed by atoms with E-state index in [9.17, 15) is 9.59 Å². The largest absolute Gasteiger partial charge is 0.497 e. The fourth-order valence-corrected chi connectivity index (χ4v) is 5.69. The SMILES string of the molecule is CCOC(=O)[C@H]1CCCN(C(=O)CCc2c(-c3ccc(OC)cc3)nc3ccc(-c4ccc(Cl)cc4C)cn23)C1. The number of hydrogen-bond acceptors (Lipinski definition) is 5. The van der Waals surface area contributed by atoms with Crippen LogP contribution < -0.4 is 4.74 Å². The van der Waals surface area contributed by atoms with Gasteiger partial charge in [0.2, 0.25) is 5.91 Å². The molecule has 0 aliphatic carbocycles. The van der Waals surface area contributed by atoms with Crippen molar-refractivity contribution >= 4 is 29.1 Å². The van der Waals surface area contributed by atoms with Gasteiger partial charge in [-0.3, -0.25) is 9.59 Å². The number of rotatable bonds is 8. The molecule has 0 unspecified atom stereocenters. The van der Waals surface area contributed by atoms with E-state index >= 15 is 0 Å². The third kappa shape index (κ3) is 5.85. The summed E-state index contributed by atoms with van der Waals surface area (Å²) in [6.07, 6.45) is 4.46. The van der Waals surface area contributed by atoms with Gasteiger partial charge in [-0.2, -0.15) is 0 Å². The minimum atomic E-state index is -0.256. The second-order valence-corrected chi connectivity index (χ2v) is 10.6. The number of aryl methyl sites for hydroxylation is 2. The molecule has 3 heterocycles. The number of ether oxygens (including phenoxy) is 2. The number of methoxy groups -OCH3 is 1. The first-order valence-corrected chi connectivity index (χ1v) is 14.1. The van der Waals surface area contributed by atoms with Crippen LogP contribution >= 0.6 is 11.6 Å². The maximum absolute atomic E-state index is 13.4. The number of piperidine rings is 1. The van der Waals surface area contributed by atoms with Gasteiger partial charge in [0, 0.05) is 36.3 Å². The van der Waals surface area contributed by atoms with Gasteiger partial charge in [-0.25, -0.2) is 4.98 Å². The van der Waals surface area contributed by atoms with Crippen molar-refractivity contribution in [3.63, 3.8) is 0 Å². The third-order valence-corrected chi connectivity index (χ3v) is 7.79. The van der Waals surface area contributed by atoms with Crippen LogP contribution in [0, 0.1) is 12.8 Å². The van der Waals surface area contributed by atoms with Crippen LogP contribution in [-0.2, 0) is 20.7 Å². The first-order chi connectivity index (χ1) is 19.4. The molecular weight excluding hydrogens is 526 g/mol. The lowest BCUT2D eigenvalue weighted by Gasteiger charge is -2.31. The average Bonchev–Trinajstić information content (AvgIpc) is 3.33. The van der Waals surface area contributed by atoms with Gasteiger partial charge in [-0.15, -0.1) is 0 Å². The molecule has 0 radical (unpaired) electrons. The molecule has 1 aliphatic heterocycles. The van der Waals surface area contributed by atoms with E-state index in [0.717, 1.165) is 57.9 Å². The summed E-state index contributed by atoms with van der Waals surface area (Å²) in [5.74, 6) is 0.336. The molecule has 0 bridgehead atoms. The third-order valence-electron chi connectivity index (χ3n) is 7.55. The van der Waals surface area contributed by atoms with Crippen LogP contribution in [0.1, 0.15) is 37.4 Å². The Morgan fingerprint density at radius 1 is 1.07 bits per heavy atom. The Hall–Kier alpha value is -3.84. The maximum atomic E-state index is 13.4. The maximum Gasteiger partial charge on any atom is 0.310 e. The fraction of sp³-hybridized carbons (Fsp3) is 0.344. The van der Waals surface area contributed by atoms with E-state index < -0.39 is 0 Å². The number of likely N-dealkylation sites (tertiary alicyclic amines) is 1. The predicted octanol–water partition coefficient (Wildman–Crippen LogP) is 6.37. The van der Waals surface area contributed by atoms with Gasteiger partial charge < -0.3 is 18.8 Å². The molecule has 208 valence electrons. The minimum Gasteiger partial charge on any atom is -0.497 e. The molecule has 2 aromatic carbocycles. The molecule has 5 rings (SSSR count). The molecule has 1 amide bonds. The van der Waals surface area contributed by atoms with Crippen molar-refractivity contribution in [2.75, 3.05) is 26.8 Å². The molecule has 40 heavy (non-hydrogen) atoms. The molecule has 4 aromatic rings. The number of carbonyl (C=O) groups is 2. The van der Waals surface area contributed by atoms with Gasteiger partial charge in [-0.05, 0) is 98.3 Å². The molecule has 7 nitrogen and oxygen atoms in total. The van der Waals surface area contributed by atoms with Crippen molar-refractivity contribution in [3.05, 3.63) is 77.1 Å². The fourth-order valence-electron chi connectivity index (χ4n) is 5.46. The monoisotopic (exact) mass is 559 g/mol. The van der Waals surface area contributed by atoms with Gasteiger partial charge in [0.1, 0.15) is 11.4 Å². The van der Waals surface area contributed by atoms with Crippen LogP contribution in [0.4, 0.5) is 0 Å². The van der Waals surface area contributed by atoms with Gasteiger partial charge in [0.25, 0.3) is 0 Å². The number of imidazole rings is 1. The quantitative estimate of drug-likeness (QED) is 0.234. The summed E-state index contributed by atoms with van der Waals surface area (Å²) in [4.78, 5) is 32.5. The smallest absolute Gasteiger partial charge is 0.310 e. The highest BCUT2D eigenvalue weighted by molar-refractivity contribution is 6.30. The lowest BCUT2D eigenvalue weighted by atomic mass is 9.97. The van der Waals surface area contributed by atoms with E-state index in [2.05, 4.69) is 16.7 Å². The van der Waals surface area contributed by atoms with Gasteiger partial charge in [0.05, 0.1) is 31.0 Å². The molecule has 8 heteroatoms. The minimum absolute atomic E-state index is 0.0364. The van der Waals surface area contributed by atoms with E-state index in [1.165, 1.54) is 0 Å². The Kier molecular flexibility index (Phi) is 8.40. The van der Waals surface area contributed by atoms with Gasteiger partial charge in [-0.1, -0.05) is 17.7 Å². The summed E-state index contributed by atoms with van der Waals surface area (Å²) in [5, 5.41) is 0.703. The van der Waals surface area contributed by atoms with Crippen molar-refractivity contribution in [3.8, 4) is 28.1 Å². The number of halogens is 1. The second kappa shape index (κ2) is 12.1. The lowest BCUT2D eigenvalue weighted by Crippen LogP contribution is -2.42. The molecule has 0 spiro atoms. The predicted molar refractivity (Wildman–Crippen MR) is 157 cm³/mol. The Labute approximate surface area is 239 Å². The second-order valence-electron chi connectivity index (χ2n) is 10.2. The topological polar surface area (TPSA) is 73.1 Å². The van der Waals surface area contributed by atoms with Crippen molar-refractivity contribution in [2.45, 2.75) is 39.5 Å².